The molecule has 0 radical (unpaired) electrons. The van der Waals surface area contributed by atoms with E-state index in [4.69, 9.17) is 25.2 Å². The number of nitrogens with zero attached hydrogens (tertiary/aromatic N) is 1. The molecule has 0 saturated carbocycles. The van der Waals surface area contributed by atoms with Gasteiger partial charge >= 0.3 is 29.2 Å². The molecule has 1 aliphatic heterocycles. The van der Waals surface area contributed by atoms with E-state index in [1.807, 2.05) is 0 Å². The van der Waals surface area contributed by atoms with E-state index < -0.39 is 53.7 Å². The minimum atomic E-state index is -5.63. The second-order valence-corrected chi connectivity index (χ2v) is 10.7. The fraction of sp³-hybridized carbons (Fsp3) is 0.538. The van der Waals surface area contributed by atoms with Gasteiger partial charge in [0, 0.05) is 18.2 Å². The lowest BCUT2D eigenvalue weighted by Gasteiger charge is -2.19. The van der Waals surface area contributed by atoms with Crippen LogP contribution in [-0.2, 0) is 38.0 Å². The summed E-state index contributed by atoms with van der Waals surface area (Å²) in [6.07, 6.45) is 0.0225. The number of nitrogens with two attached hydrogens (primary N) is 1. The number of H-pyrrole nitrogens is 1. The molecule has 0 amide bonds. The topological polar surface area (TPSA) is 250 Å². The molecule has 1 fully saturated rings. The number of phosphoric acid groups is 3. The van der Waals surface area contributed by atoms with Gasteiger partial charge in [-0.2, -0.15) is 8.62 Å². The monoisotopic (exact) mass is 519 g/mol. The number of rotatable bonds is 9. The molecule has 19 heteroatoms. The van der Waals surface area contributed by atoms with Crippen LogP contribution in [0.15, 0.2) is 15.8 Å². The van der Waals surface area contributed by atoms with Crippen molar-refractivity contribution in [2.75, 3.05) is 13.2 Å². The molecule has 1 saturated heterocycles. The van der Waals surface area contributed by atoms with Crippen LogP contribution >= 0.6 is 23.5 Å². The molecule has 4 atom stereocenters. The zero-order valence-corrected chi connectivity index (χ0v) is 18.8. The molecule has 0 bridgehead atoms. The van der Waals surface area contributed by atoms with Crippen molar-refractivity contribution in [3.63, 3.8) is 0 Å². The zero-order chi connectivity index (χ0) is 24.2. The third-order valence-electron chi connectivity index (χ3n) is 3.78. The van der Waals surface area contributed by atoms with E-state index in [0.717, 1.165) is 4.57 Å². The molecule has 2 heterocycles. The molecular weight excluding hydrogens is 499 g/mol. The van der Waals surface area contributed by atoms with Crippen molar-refractivity contribution in [2.24, 2.45) is 5.73 Å². The number of hydrogen-bond donors (Lipinski definition) is 6. The average molecular weight is 519 g/mol. The van der Waals surface area contributed by atoms with Crippen molar-refractivity contribution in [1.29, 1.82) is 0 Å². The van der Waals surface area contributed by atoms with E-state index >= 15 is 0 Å². The van der Waals surface area contributed by atoms with Gasteiger partial charge in [0.1, 0.15) is 6.23 Å². The van der Waals surface area contributed by atoms with E-state index in [-0.39, 0.29) is 31.4 Å². The molecule has 1 aliphatic rings. The highest BCUT2D eigenvalue weighted by molar-refractivity contribution is 7.66. The van der Waals surface area contributed by atoms with Crippen molar-refractivity contribution in [3.05, 3.63) is 32.6 Å². The second kappa shape index (κ2) is 10.7. The molecule has 4 unspecified atom stereocenters. The summed E-state index contributed by atoms with van der Waals surface area (Å²) in [6, 6.07) is 0. The molecule has 0 spiro atoms. The van der Waals surface area contributed by atoms with Crippen LogP contribution < -0.4 is 17.0 Å². The molecule has 0 aromatic carbocycles. The molecule has 180 valence electrons. The van der Waals surface area contributed by atoms with Crippen LogP contribution in [0, 0.1) is 11.8 Å². The molecule has 7 N–H and O–H groups in total. The van der Waals surface area contributed by atoms with Gasteiger partial charge in [0.15, 0.2) is 0 Å². The number of nitrogens with one attached hydrogen (secondary N) is 1. The first kappa shape index (κ1) is 26.8. The summed E-state index contributed by atoms with van der Waals surface area (Å²) in [6.45, 7) is -0.548. The van der Waals surface area contributed by atoms with E-state index in [1.54, 1.807) is 0 Å². The van der Waals surface area contributed by atoms with Gasteiger partial charge in [-0.05, 0) is 12.8 Å². The molecule has 1 aromatic heterocycles. The summed E-state index contributed by atoms with van der Waals surface area (Å²) in [4.78, 5) is 61.7. The third kappa shape index (κ3) is 8.49. The summed E-state index contributed by atoms with van der Waals surface area (Å²) in [7, 11) is -16.4. The summed E-state index contributed by atoms with van der Waals surface area (Å²) in [5, 5.41) is 0. The zero-order valence-electron chi connectivity index (χ0n) is 16.1. The van der Waals surface area contributed by atoms with Gasteiger partial charge in [0.05, 0.1) is 19.3 Å². The lowest BCUT2D eigenvalue weighted by Crippen LogP contribution is -2.34. The standard InChI is InChI=1S/C13H20N3O13P3/c14-6-2-1-3-9-7-16(13(18)15-12(9)17)11-5-4-10(27-11)8-26-31(22,23)29-32(24,25)28-30(19,20)21/h7,10-11H,3-6,8,14H2,(H,22,23)(H,24,25)(H,15,17,18)(H2,19,20,21). The van der Waals surface area contributed by atoms with Gasteiger partial charge in [0.2, 0.25) is 0 Å². The summed E-state index contributed by atoms with van der Waals surface area (Å²) in [5.74, 6) is 5.24. The van der Waals surface area contributed by atoms with Crippen molar-refractivity contribution in [3.8, 4) is 11.8 Å². The third-order valence-corrected chi connectivity index (χ3v) is 7.58. The van der Waals surface area contributed by atoms with Crippen LogP contribution in [0.25, 0.3) is 0 Å². The van der Waals surface area contributed by atoms with Gasteiger partial charge in [-0.25, -0.2) is 18.5 Å². The maximum absolute atomic E-state index is 12.1. The van der Waals surface area contributed by atoms with E-state index in [2.05, 4.69) is 30.0 Å². The minimum Gasteiger partial charge on any atom is -0.352 e. The van der Waals surface area contributed by atoms with Crippen molar-refractivity contribution >= 4 is 23.5 Å². The van der Waals surface area contributed by atoms with Gasteiger partial charge in [-0.15, -0.1) is 0 Å². The number of aromatic amines is 1. The normalized spacial score (nSPS) is 22.5. The Morgan fingerprint density at radius 3 is 2.44 bits per heavy atom. The predicted octanol–water partition coefficient (Wildman–Crippen LogP) is -0.938. The van der Waals surface area contributed by atoms with Gasteiger partial charge in [0.25, 0.3) is 5.56 Å². The van der Waals surface area contributed by atoms with Gasteiger partial charge in [-0.3, -0.25) is 18.9 Å². The Labute approximate surface area is 179 Å². The molecular formula is C13H20N3O13P3. The number of phosphoric ester groups is 1. The Bertz CT molecular complexity index is 1150. The molecule has 16 nitrogen and oxygen atoms in total. The van der Waals surface area contributed by atoms with Gasteiger partial charge < -0.3 is 30.0 Å². The first-order valence-corrected chi connectivity index (χ1v) is 13.2. The van der Waals surface area contributed by atoms with Crippen LogP contribution in [0.4, 0.5) is 0 Å². The molecule has 1 aromatic rings. The molecule has 32 heavy (non-hydrogen) atoms. The fourth-order valence-corrected chi connectivity index (χ4v) is 5.64. The van der Waals surface area contributed by atoms with E-state index in [0.29, 0.717) is 0 Å². The predicted molar refractivity (Wildman–Crippen MR) is 105 cm³/mol. The Morgan fingerprint density at radius 1 is 1.12 bits per heavy atom. The Hall–Kier alpha value is -1.43. The largest absolute Gasteiger partial charge is 0.490 e. The smallest absolute Gasteiger partial charge is 0.352 e. The first-order chi connectivity index (χ1) is 14.7. The van der Waals surface area contributed by atoms with Crippen molar-refractivity contribution < 1.29 is 51.2 Å². The van der Waals surface area contributed by atoms with Crippen molar-refractivity contribution in [2.45, 2.75) is 31.6 Å². The Balaban J connectivity index is 2.01. The highest BCUT2D eigenvalue weighted by Gasteiger charge is 2.41. The van der Waals surface area contributed by atoms with Crippen LogP contribution in [-0.4, -0.2) is 48.4 Å². The fourth-order valence-electron chi connectivity index (χ4n) is 2.59. The number of aromatic nitrogens is 2. The number of ether oxygens (including phenoxy) is 1. The highest BCUT2D eigenvalue weighted by atomic mass is 31.3. The lowest BCUT2D eigenvalue weighted by atomic mass is 10.2. The van der Waals surface area contributed by atoms with Crippen LogP contribution in [0.2, 0.25) is 0 Å². The lowest BCUT2D eigenvalue weighted by molar-refractivity contribution is -0.0244. The maximum atomic E-state index is 12.1. The SMILES string of the molecule is NCC#CCc1cn(C2CCC(COP(=O)(O)OP(=O)(O)OP(=O)(O)O)O2)c(=O)[nH]c1=O. The molecule has 2 rings (SSSR count). The van der Waals surface area contributed by atoms with Crippen LogP contribution in [0.3, 0.4) is 0 Å². The van der Waals surface area contributed by atoms with Crippen LogP contribution in [0.1, 0.15) is 24.6 Å². The van der Waals surface area contributed by atoms with E-state index in [9.17, 15) is 28.2 Å². The average Bonchev–Trinajstić information content (AvgIpc) is 3.08. The summed E-state index contributed by atoms with van der Waals surface area (Å²) < 4.78 is 52.0. The quantitative estimate of drug-likeness (QED) is 0.170. The minimum absolute atomic E-state index is 0.0367. The van der Waals surface area contributed by atoms with Gasteiger partial charge in [-0.1, -0.05) is 11.8 Å². The maximum Gasteiger partial charge on any atom is 0.490 e. The second-order valence-electron chi connectivity index (χ2n) is 6.23. The Kier molecular flexibility index (Phi) is 8.94. The van der Waals surface area contributed by atoms with Crippen LogP contribution in [0.5, 0.6) is 0 Å². The summed E-state index contributed by atoms with van der Waals surface area (Å²) >= 11 is 0. The first-order valence-electron chi connectivity index (χ1n) is 8.65. The number of hydrogen-bond acceptors (Lipinski definition) is 10. The molecule has 0 aliphatic carbocycles. The van der Waals surface area contributed by atoms with Crippen molar-refractivity contribution in [1.82, 2.24) is 9.55 Å². The Morgan fingerprint density at radius 2 is 1.81 bits per heavy atom. The highest BCUT2D eigenvalue weighted by Crippen LogP contribution is 2.66. The van der Waals surface area contributed by atoms with E-state index in [1.165, 1.54) is 6.20 Å². The summed E-state index contributed by atoms with van der Waals surface area (Å²) in [5.41, 5.74) is 4.06.